The highest BCUT2D eigenvalue weighted by Gasteiger charge is 2.19. The van der Waals surface area contributed by atoms with Gasteiger partial charge in [-0.25, -0.2) is 27.6 Å². The van der Waals surface area contributed by atoms with Crippen molar-refractivity contribution in [1.82, 2.24) is 29.4 Å². The molecular formula is C22H22FN7O2S. The molecule has 5 rings (SSSR count). The van der Waals surface area contributed by atoms with Gasteiger partial charge in [-0.15, -0.1) is 0 Å². The summed E-state index contributed by atoms with van der Waals surface area (Å²) in [6.45, 7) is 2.81. The molecule has 1 saturated heterocycles. The molecule has 4 aromatic rings. The third-order valence-electron chi connectivity index (χ3n) is 5.32. The van der Waals surface area contributed by atoms with Crippen molar-refractivity contribution in [2.45, 2.75) is 11.6 Å². The first kappa shape index (κ1) is 21.6. The Balaban J connectivity index is 1.37. The molecule has 1 aliphatic rings. The monoisotopic (exact) mass is 467 g/mol. The van der Waals surface area contributed by atoms with Gasteiger partial charge in [0.15, 0.2) is 0 Å². The summed E-state index contributed by atoms with van der Waals surface area (Å²) >= 11 is 0. The molecule has 1 unspecified atom stereocenters. The molecule has 1 atom stereocenters. The van der Waals surface area contributed by atoms with Gasteiger partial charge in [0.05, 0.1) is 29.2 Å². The zero-order chi connectivity index (χ0) is 22.8. The van der Waals surface area contributed by atoms with Crippen LogP contribution < -0.4 is 10.6 Å². The number of nitrogens with zero attached hydrogens (tertiary/aromatic N) is 5. The first-order valence-electron chi connectivity index (χ1n) is 10.5. The van der Waals surface area contributed by atoms with E-state index in [0.29, 0.717) is 40.8 Å². The summed E-state index contributed by atoms with van der Waals surface area (Å²) in [5.41, 5.74) is 1.91. The standard InChI is InChI=1S/C22H22FN7O2S/c23-18-11-17(30-8-5-16(14-31)28-30)2-3-19(18)26-21-12-20-15(13-25-21)1-4-22(27-20)33(32)29-9-6-24-7-10-29/h1-5,8,11-13,24,31H,6-7,9-10,14H2,(H,25,26). The number of aromatic nitrogens is 4. The van der Waals surface area contributed by atoms with Crippen LogP contribution in [0.15, 0.2) is 59.9 Å². The Hall–Kier alpha value is -3.25. The highest BCUT2D eigenvalue weighted by Crippen LogP contribution is 2.24. The van der Waals surface area contributed by atoms with E-state index >= 15 is 0 Å². The fourth-order valence-electron chi connectivity index (χ4n) is 3.58. The van der Waals surface area contributed by atoms with E-state index in [1.54, 1.807) is 42.7 Å². The zero-order valence-corrected chi connectivity index (χ0v) is 18.4. The molecule has 33 heavy (non-hydrogen) atoms. The summed E-state index contributed by atoms with van der Waals surface area (Å²) in [5.74, 6) is -0.0506. The molecule has 0 aliphatic carbocycles. The molecule has 0 radical (unpaired) electrons. The number of hydrogen-bond acceptors (Lipinski definition) is 7. The number of halogens is 1. The topological polar surface area (TPSA) is 108 Å². The van der Waals surface area contributed by atoms with Crippen LogP contribution in [0.1, 0.15) is 5.69 Å². The summed E-state index contributed by atoms with van der Waals surface area (Å²) in [5, 5.41) is 20.8. The van der Waals surface area contributed by atoms with Gasteiger partial charge < -0.3 is 15.7 Å². The van der Waals surface area contributed by atoms with Crippen LogP contribution in [-0.2, 0) is 17.6 Å². The molecule has 170 valence electrons. The van der Waals surface area contributed by atoms with Gasteiger partial charge in [0.25, 0.3) is 0 Å². The Morgan fingerprint density at radius 3 is 2.76 bits per heavy atom. The van der Waals surface area contributed by atoms with E-state index in [0.717, 1.165) is 18.5 Å². The highest BCUT2D eigenvalue weighted by atomic mass is 32.2. The van der Waals surface area contributed by atoms with Crippen LogP contribution in [0.25, 0.3) is 16.6 Å². The fraction of sp³-hybridized carbons (Fsp3) is 0.227. The maximum Gasteiger partial charge on any atom is 0.148 e. The normalized spacial score (nSPS) is 15.6. The molecule has 9 nitrogen and oxygen atoms in total. The van der Waals surface area contributed by atoms with Gasteiger partial charge in [0.1, 0.15) is 27.6 Å². The first-order valence-corrected chi connectivity index (χ1v) is 11.6. The van der Waals surface area contributed by atoms with E-state index in [-0.39, 0.29) is 12.3 Å². The maximum absolute atomic E-state index is 14.8. The van der Waals surface area contributed by atoms with Crippen molar-refractivity contribution >= 4 is 33.4 Å². The molecule has 3 N–H and O–H groups in total. The van der Waals surface area contributed by atoms with Gasteiger partial charge in [0.2, 0.25) is 0 Å². The molecule has 0 amide bonds. The van der Waals surface area contributed by atoms with Crippen LogP contribution in [0.4, 0.5) is 15.9 Å². The fourth-order valence-corrected chi connectivity index (χ4v) is 4.72. The second-order valence-electron chi connectivity index (χ2n) is 7.54. The summed E-state index contributed by atoms with van der Waals surface area (Å²) in [4.78, 5) is 8.92. The van der Waals surface area contributed by atoms with Crippen LogP contribution in [-0.4, -0.2) is 59.5 Å². The van der Waals surface area contributed by atoms with Gasteiger partial charge in [0, 0.05) is 56.1 Å². The van der Waals surface area contributed by atoms with Crippen LogP contribution in [0.2, 0.25) is 0 Å². The summed E-state index contributed by atoms with van der Waals surface area (Å²) in [6, 6.07) is 11.6. The lowest BCUT2D eigenvalue weighted by Gasteiger charge is -2.25. The highest BCUT2D eigenvalue weighted by molar-refractivity contribution is 7.82. The van der Waals surface area contributed by atoms with Gasteiger partial charge in [-0.3, -0.25) is 0 Å². The predicted molar refractivity (Wildman–Crippen MR) is 123 cm³/mol. The quantitative estimate of drug-likeness (QED) is 0.399. The van der Waals surface area contributed by atoms with Crippen LogP contribution in [0.5, 0.6) is 0 Å². The van der Waals surface area contributed by atoms with E-state index in [1.807, 2.05) is 10.4 Å². The number of aliphatic hydroxyl groups excluding tert-OH is 1. The van der Waals surface area contributed by atoms with Gasteiger partial charge in [-0.2, -0.15) is 5.10 Å². The first-order chi connectivity index (χ1) is 16.1. The number of benzene rings is 1. The number of aliphatic hydroxyl groups is 1. The summed E-state index contributed by atoms with van der Waals surface area (Å²) in [7, 11) is -1.34. The van der Waals surface area contributed by atoms with Gasteiger partial charge >= 0.3 is 0 Å². The van der Waals surface area contributed by atoms with Gasteiger partial charge in [-0.1, -0.05) is 0 Å². The van der Waals surface area contributed by atoms with Crippen LogP contribution >= 0.6 is 0 Å². The smallest absolute Gasteiger partial charge is 0.148 e. The summed E-state index contributed by atoms with van der Waals surface area (Å²) in [6.07, 6.45) is 3.31. The SMILES string of the molecule is O=S(c1ccc2cnc(Nc3ccc(-n4ccc(CO)n4)cc3F)cc2n1)N1CCNCC1. The molecule has 0 spiro atoms. The average Bonchev–Trinajstić information content (AvgIpc) is 3.34. The van der Waals surface area contributed by atoms with Crippen molar-refractivity contribution in [3.8, 4) is 5.69 Å². The number of nitrogens with one attached hydrogen (secondary N) is 2. The van der Waals surface area contributed by atoms with Gasteiger partial charge in [-0.05, 0) is 30.3 Å². The molecule has 1 aromatic carbocycles. The predicted octanol–water partition coefficient (Wildman–Crippen LogP) is 2.12. The number of pyridine rings is 2. The third kappa shape index (κ3) is 4.62. The molecule has 1 aliphatic heterocycles. The lowest BCUT2D eigenvalue weighted by atomic mass is 10.2. The molecule has 3 aromatic heterocycles. The van der Waals surface area contributed by atoms with E-state index in [9.17, 15) is 8.60 Å². The lowest BCUT2D eigenvalue weighted by Crippen LogP contribution is -2.44. The van der Waals surface area contributed by atoms with E-state index in [2.05, 4.69) is 25.7 Å². The number of fused-ring (bicyclic) bond motifs is 1. The number of rotatable bonds is 6. The minimum Gasteiger partial charge on any atom is -0.390 e. The van der Waals surface area contributed by atoms with Crippen molar-refractivity contribution < 1.29 is 13.7 Å². The van der Waals surface area contributed by atoms with Crippen molar-refractivity contribution in [3.05, 3.63) is 66.4 Å². The van der Waals surface area contributed by atoms with Crippen molar-refractivity contribution in [3.63, 3.8) is 0 Å². The van der Waals surface area contributed by atoms with E-state index in [1.165, 1.54) is 10.7 Å². The Morgan fingerprint density at radius 1 is 1.15 bits per heavy atom. The lowest BCUT2D eigenvalue weighted by molar-refractivity contribution is 0.276. The van der Waals surface area contributed by atoms with E-state index in [4.69, 9.17) is 5.11 Å². The molecule has 0 bridgehead atoms. The molecule has 0 saturated carbocycles. The van der Waals surface area contributed by atoms with Crippen LogP contribution in [0, 0.1) is 5.82 Å². The van der Waals surface area contributed by atoms with E-state index < -0.39 is 16.8 Å². The van der Waals surface area contributed by atoms with Crippen molar-refractivity contribution in [1.29, 1.82) is 0 Å². The molecular weight excluding hydrogens is 445 g/mol. The Kier molecular flexibility index (Phi) is 6.09. The largest absolute Gasteiger partial charge is 0.390 e. The second-order valence-corrected chi connectivity index (χ2v) is 8.97. The average molecular weight is 468 g/mol. The van der Waals surface area contributed by atoms with Crippen LogP contribution in [0.3, 0.4) is 0 Å². The summed E-state index contributed by atoms with van der Waals surface area (Å²) < 4.78 is 31.0. The molecule has 11 heteroatoms. The third-order valence-corrected chi connectivity index (χ3v) is 6.74. The molecule has 1 fully saturated rings. The molecule has 4 heterocycles. The van der Waals surface area contributed by atoms with Crippen molar-refractivity contribution in [2.24, 2.45) is 0 Å². The minimum atomic E-state index is -1.34. The maximum atomic E-state index is 14.8. The Morgan fingerprint density at radius 2 is 2.00 bits per heavy atom. The van der Waals surface area contributed by atoms with Crippen molar-refractivity contribution in [2.75, 3.05) is 31.5 Å². The Labute approximate surface area is 191 Å². The number of anilines is 2. The number of hydrogen-bond donors (Lipinski definition) is 3. The Bertz CT molecular complexity index is 1320. The second kappa shape index (κ2) is 9.32. The zero-order valence-electron chi connectivity index (χ0n) is 17.6. The number of piperazine rings is 1. The minimum absolute atomic E-state index is 0.179.